The summed E-state index contributed by atoms with van der Waals surface area (Å²) in [5.74, 6) is 0.889. The quantitative estimate of drug-likeness (QED) is 0.481. The van der Waals surface area contributed by atoms with Crippen LogP contribution in [0.1, 0.15) is 32.1 Å². The summed E-state index contributed by atoms with van der Waals surface area (Å²) in [4.78, 5) is 22.0. The SMILES string of the molecule is CN1CC[C@@H](Nc2ncnc(N[C@H]3CC[C@@H](Oc4cc(N5CCOCC5)cc5nccnc45)CC3)c2F)C1. The second-order valence-electron chi connectivity index (χ2n) is 10.5. The van der Waals surface area contributed by atoms with Crippen LogP contribution in [-0.2, 0) is 4.74 Å². The zero-order valence-corrected chi connectivity index (χ0v) is 21.8. The Hall–Kier alpha value is -3.31. The normalized spacial score (nSPS) is 24.5. The minimum atomic E-state index is -0.412. The van der Waals surface area contributed by atoms with Gasteiger partial charge in [-0.1, -0.05) is 0 Å². The van der Waals surface area contributed by atoms with Gasteiger partial charge in [-0.25, -0.2) is 15.0 Å². The number of aromatic nitrogens is 4. The maximum Gasteiger partial charge on any atom is 0.207 e. The van der Waals surface area contributed by atoms with Crippen LogP contribution in [0.15, 0.2) is 30.9 Å². The Labute approximate surface area is 222 Å². The Morgan fingerprint density at radius 3 is 2.37 bits per heavy atom. The van der Waals surface area contributed by atoms with Crippen LogP contribution in [-0.4, -0.2) is 89.5 Å². The van der Waals surface area contributed by atoms with Crippen LogP contribution in [0.3, 0.4) is 0 Å². The number of rotatable bonds is 7. The van der Waals surface area contributed by atoms with Crippen molar-refractivity contribution in [1.82, 2.24) is 24.8 Å². The van der Waals surface area contributed by atoms with E-state index in [9.17, 15) is 0 Å². The number of nitrogens with zero attached hydrogens (tertiary/aromatic N) is 6. The smallest absolute Gasteiger partial charge is 0.207 e. The summed E-state index contributed by atoms with van der Waals surface area (Å²) in [5, 5.41) is 6.56. The fourth-order valence-electron chi connectivity index (χ4n) is 5.64. The largest absolute Gasteiger partial charge is 0.488 e. The predicted molar refractivity (Wildman–Crippen MR) is 144 cm³/mol. The molecule has 1 aromatic carbocycles. The van der Waals surface area contributed by atoms with Crippen LogP contribution < -0.4 is 20.3 Å². The van der Waals surface area contributed by atoms with Gasteiger partial charge in [0, 0.05) is 55.9 Å². The molecule has 38 heavy (non-hydrogen) atoms. The van der Waals surface area contributed by atoms with Crippen molar-refractivity contribution in [2.24, 2.45) is 0 Å². The third kappa shape index (κ3) is 5.58. The number of hydrogen-bond acceptors (Lipinski definition) is 10. The second kappa shape index (κ2) is 11.2. The van der Waals surface area contributed by atoms with Crippen molar-refractivity contribution in [3.63, 3.8) is 0 Å². The van der Waals surface area contributed by atoms with Crippen LogP contribution in [0.25, 0.3) is 11.0 Å². The van der Waals surface area contributed by atoms with Gasteiger partial charge in [0.1, 0.15) is 17.6 Å². The number of likely N-dealkylation sites (tertiary alicyclic amines) is 1. The zero-order chi connectivity index (χ0) is 25.9. The number of nitrogens with one attached hydrogen (secondary N) is 2. The maximum atomic E-state index is 15.2. The molecule has 11 heteroatoms. The van der Waals surface area contributed by atoms with Gasteiger partial charge >= 0.3 is 0 Å². The van der Waals surface area contributed by atoms with Crippen LogP contribution in [0.2, 0.25) is 0 Å². The number of anilines is 3. The van der Waals surface area contributed by atoms with Crippen LogP contribution in [0.5, 0.6) is 5.75 Å². The molecule has 0 amide bonds. The van der Waals surface area contributed by atoms with E-state index in [0.717, 1.165) is 80.8 Å². The maximum absolute atomic E-state index is 15.2. The van der Waals surface area contributed by atoms with E-state index in [1.165, 1.54) is 6.33 Å². The topological polar surface area (TPSA) is 101 Å². The average molecular weight is 523 g/mol. The Bertz CT molecular complexity index is 1250. The lowest BCUT2D eigenvalue weighted by Crippen LogP contribution is -2.36. The van der Waals surface area contributed by atoms with Crippen molar-refractivity contribution in [1.29, 1.82) is 0 Å². The van der Waals surface area contributed by atoms with Crippen molar-refractivity contribution >= 4 is 28.4 Å². The molecule has 10 nitrogen and oxygen atoms in total. The average Bonchev–Trinajstić information content (AvgIpc) is 3.36. The van der Waals surface area contributed by atoms with Gasteiger partial charge in [0.2, 0.25) is 5.82 Å². The summed E-state index contributed by atoms with van der Waals surface area (Å²) in [5.41, 5.74) is 2.69. The molecule has 0 spiro atoms. The van der Waals surface area contributed by atoms with E-state index in [4.69, 9.17) is 9.47 Å². The van der Waals surface area contributed by atoms with E-state index in [-0.39, 0.29) is 29.8 Å². The van der Waals surface area contributed by atoms with Gasteiger partial charge in [-0.3, -0.25) is 4.98 Å². The van der Waals surface area contributed by atoms with E-state index >= 15 is 4.39 Å². The van der Waals surface area contributed by atoms with Crippen molar-refractivity contribution in [3.8, 4) is 5.75 Å². The van der Waals surface area contributed by atoms with Gasteiger partial charge in [-0.15, -0.1) is 0 Å². The third-order valence-electron chi connectivity index (χ3n) is 7.73. The molecule has 2 N–H and O–H groups in total. The standard InChI is InChI=1S/C27H35FN8O2/c1-35-9-6-19(16-35)34-27-24(28)26(31-17-32-27)33-18-2-4-21(5-3-18)38-23-15-20(36-10-12-37-13-11-36)14-22-25(23)30-8-7-29-22/h7-8,14-15,17-19,21H,2-6,9-13,16H2,1H3,(H2,31,32,33,34)/t18-,19-,21+/m1/s1. The predicted octanol–water partition coefficient (Wildman–Crippen LogP) is 3.31. The molecule has 2 aromatic heterocycles. The lowest BCUT2D eigenvalue weighted by Gasteiger charge is -2.31. The molecule has 0 radical (unpaired) electrons. The van der Waals surface area contributed by atoms with Gasteiger partial charge in [-0.05, 0) is 51.8 Å². The molecule has 202 valence electrons. The van der Waals surface area contributed by atoms with Crippen molar-refractivity contribution in [2.45, 2.75) is 50.3 Å². The summed E-state index contributed by atoms with van der Waals surface area (Å²) in [6, 6.07) is 4.49. The third-order valence-corrected chi connectivity index (χ3v) is 7.73. The first-order chi connectivity index (χ1) is 18.6. The fourth-order valence-corrected chi connectivity index (χ4v) is 5.64. The van der Waals surface area contributed by atoms with E-state index < -0.39 is 5.82 Å². The van der Waals surface area contributed by atoms with E-state index in [0.29, 0.717) is 13.2 Å². The highest BCUT2D eigenvalue weighted by Crippen LogP contribution is 2.33. The minimum Gasteiger partial charge on any atom is -0.488 e. The van der Waals surface area contributed by atoms with Gasteiger partial charge in [0.05, 0.1) is 24.8 Å². The van der Waals surface area contributed by atoms with E-state index in [2.05, 4.69) is 59.5 Å². The van der Waals surface area contributed by atoms with Crippen LogP contribution in [0, 0.1) is 5.82 Å². The van der Waals surface area contributed by atoms with Gasteiger partial charge < -0.3 is 29.9 Å². The Morgan fingerprint density at radius 2 is 1.63 bits per heavy atom. The number of fused-ring (bicyclic) bond motifs is 1. The summed E-state index contributed by atoms with van der Waals surface area (Å²) >= 11 is 0. The molecule has 0 bridgehead atoms. The Kier molecular flexibility index (Phi) is 7.37. The summed E-state index contributed by atoms with van der Waals surface area (Å²) < 4.78 is 27.2. The molecule has 6 rings (SSSR count). The molecule has 2 aliphatic heterocycles. The first kappa shape index (κ1) is 25.0. The first-order valence-electron chi connectivity index (χ1n) is 13.6. The lowest BCUT2D eigenvalue weighted by atomic mass is 9.93. The molecule has 1 atom stereocenters. The zero-order valence-electron chi connectivity index (χ0n) is 21.8. The van der Waals surface area contributed by atoms with E-state index in [1.54, 1.807) is 12.4 Å². The molecule has 1 saturated carbocycles. The number of benzene rings is 1. The van der Waals surface area contributed by atoms with Crippen molar-refractivity contribution in [2.75, 3.05) is 62.0 Å². The monoisotopic (exact) mass is 522 g/mol. The first-order valence-corrected chi connectivity index (χ1v) is 13.6. The molecule has 3 aliphatic rings. The lowest BCUT2D eigenvalue weighted by molar-refractivity contribution is 0.122. The molecule has 4 heterocycles. The highest BCUT2D eigenvalue weighted by molar-refractivity contribution is 5.85. The molecular formula is C27H35FN8O2. The fraction of sp³-hybridized carbons (Fsp3) is 0.556. The number of halogens is 1. The van der Waals surface area contributed by atoms with Gasteiger partial charge in [-0.2, -0.15) is 4.39 Å². The summed E-state index contributed by atoms with van der Waals surface area (Å²) in [6.07, 6.45) is 9.30. The Balaban J connectivity index is 1.09. The Morgan fingerprint density at radius 1 is 0.895 bits per heavy atom. The summed E-state index contributed by atoms with van der Waals surface area (Å²) in [7, 11) is 2.07. The highest BCUT2D eigenvalue weighted by Gasteiger charge is 2.26. The molecule has 2 saturated heterocycles. The van der Waals surface area contributed by atoms with Crippen LogP contribution in [0.4, 0.5) is 21.7 Å². The van der Waals surface area contributed by atoms with Crippen molar-refractivity contribution in [3.05, 3.63) is 36.7 Å². The molecular weight excluding hydrogens is 487 g/mol. The molecule has 0 unspecified atom stereocenters. The van der Waals surface area contributed by atoms with Crippen molar-refractivity contribution < 1.29 is 13.9 Å². The molecule has 3 fully saturated rings. The van der Waals surface area contributed by atoms with Crippen LogP contribution >= 0.6 is 0 Å². The van der Waals surface area contributed by atoms with Gasteiger partial charge in [0.25, 0.3) is 0 Å². The molecule has 1 aliphatic carbocycles. The summed E-state index contributed by atoms with van der Waals surface area (Å²) in [6.45, 7) is 5.00. The number of hydrogen-bond donors (Lipinski definition) is 2. The van der Waals surface area contributed by atoms with E-state index in [1.807, 2.05) is 0 Å². The van der Waals surface area contributed by atoms with Gasteiger partial charge in [0.15, 0.2) is 11.6 Å². The molecule has 3 aromatic rings. The second-order valence-corrected chi connectivity index (χ2v) is 10.5. The minimum absolute atomic E-state index is 0.0602. The number of morpholine rings is 1. The highest BCUT2D eigenvalue weighted by atomic mass is 19.1. The number of ether oxygens (including phenoxy) is 2. The number of likely N-dealkylation sites (N-methyl/N-ethyl adjacent to an activating group) is 1.